The number of hydrogen-bond donors (Lipinski definition) is 2. The van der Waals surface area contributed by atoms with Gasteiger partial charge in [-0.25, -0.2) is 21.0 Å². The Bertz CT molecular complexity index is 1590. The van der Waals surface area contributed by atoms with Gasteiger partial charge in [-0.3, -0.25) is 4.18 Å². The van der Waals surface area contributed by atoms with Gasteiger partial charge in [-0.1, -0.05) is 35.4 Å². The molecule has 0 saturated carbocycles. The Morgan fingerprint density at radius 3 is 1.59 bits per heavy atom. The van der Waals surface area contributed by atoms with Gasteiger partial charge >= 0.3 is 36.0 Å². The number of aliphatic hydroxyl groups is 2. The summed E-state index contributed by atoms with van der Waals surface area (Å²) in [5.41, 5.74) is 1.31. The standard InChI is InChI=1S/C21H26O14S4/c1-13-4-8-15(9-5-13)36(24,25)38(28,29)33-12-17-18(22)19(23)20(21(32-3)34-17)35-39(30,31)37(26,27)16-10-6-14(2)7-11-16/h4-11,17-23H,12H2,1-3H3/t17-,18-,19+,20-,21+/m1/s1. The molecule has 18 heteroatoms. The molecule has 2 aromatic rings. The van der Waals surface area contributed by atoms with Crippen LogP contribution < -0.4 is 0 Å². The van der Waals surface area contributed by atoms with Gasteiger partial charge < -0.3 is 19.7 Å². The molecule has 0 aromatic heterocycles. The Labute approximate surface area is 225 Å². The highest BCUT2D eigenvalue weighted by Gasteiger charge is 2.50. The normalized spacial score (nSPS) is 24.9. The van der Waals surface area contributed by atoms with Crippen LogP contribution in [0.15, 0.2) is 58.3 Å². The van der Waals surface area contributed by atoms with Crippen molar-refractivity contribution >= 4 is 36.0 Å². The predicted octanol–water partition coefficient (Wildman–Crippen LogP) is -0.464. The van der Waals surface area contributed by atoms with Crippen LogP contribution in [0.3, 0.4) is 0 Å². The molecule has 0 aliphatic carbocycles. The first-order chi connectivity index (χ1) is 17.9. The van der Waals surface area contributed by atoms with Crippen LogP contribution in [0.4, 0.5) is 0 Å². The molecule has 0 radical (unpaired) electrons. The molecular formula is C21H26O14S4. The van der Waals surface area contributed by atoms with Crippen molar-refractivity contribution in [2.75, 3.05) is 13.7 Å². The minimum absolute atomic E-state index is 0.582. The molecule has 39 heavy (non-hydrogen) atoms. The zero-order valence-electron chi connectivity index (χ0n) is 20.6. The third kappa shape index (κ3) is 6.34. The first kappa shape index (κ1) is 31.5. The summed E-state index contributed by atoms with van der Waals surface area (Å²) >= 11 is 0. The van der Waals surface area contributed by atoms with Gasteiger partial charge in [-0.2, -0.15) is 16.8 Å². The molecule has 5 atom stereocenters. The molecule has 1 aliphatic rings. The summed E-state index contributed by atoms with van der Waals surface area (Å²) in [4.78, 5) is -1.21. The quantitative estimate of drug-likeness (QED) is 0.318. The van der Waals surface area contributed by atoms with E-state index in [2.05, 4.69) is 4.18 Å². The van der Waals surface area contributed by atoms with E-state index in [4.69, 9.17) is 13.7 Å². The summed E-state index contributed by atoms with van der Waals surface area (Å²) in [5, 5.41) is 21.0. The molecule has 0 amide bonds. The van der Waals surface area contributed by atoms with Gasteiger partial charge in [0.2, 0.25) is 0 Å². The van der Waals surface area contributed by atoms with Crippen LogP contribution >= 0.6 is 0 Å². The van der Waals surface area contributed by atoms with Crippen molar-refractivity contribution in [3.63, 3.8) is 0 Å². The fourth-order valence-corrected chi connectivity index (χ4v) is 9.01. The summed E-state index contributed by atoms with van der Waals surface area (Å²) in [5.74, 6) is 0. The molecule has 0 bridgehead atoms. The van der Waals surface area contributed by atoms with Gasteiger partial charge in [0, 0.05) is 7.11 Å². The second-order valence-electron chi connectivity index (χ2n) is 8.46. The number of hydrogen-bond acceptors (Lipinski definition) is 14. The molecule has 2 aromatic carbocycles. The van der Waals surface area contributed by atoms with E-state index in [1.807, 2.05) is 0 Å². The van der Waals surface area contributed by atoms with Gasteiger partial charge in [0.1, 0.15) is 18.3 Å². The number of methoxy groups -OCH3 is 1. The van der Waals surface area contributed by atoms with E-state index in [0.717, 1.165) is 31.4 Å². The third-order valence-electron chi connectivity index (χ3n) is 5.64. The Morgan fingerprint density at radius 2 is 1.15 bits per heavy atom. The van der Waals surface area contributed by atoms with E-state index in [1.54, 1.807) is 13.8 Å². The van der Waals surface area contributed by atoms with Crippen LogP contribution in [0.2, 0.25) is 0 Å². The fourth-order valence-electron chi connectivity index (χ4n) is 3.38. The van der Waals surface area contributed by atoms with Crippen LogP contribution in [0, 0.1) is 13.8 Å². The van der Waals surface area contributed by atoms with Crippen molar-refractivity contribution in [3.8, 4) is 0 Å². The van der Waals surface area contributed by atoms with E-state index < -0.39 is 83.1 Å². The second-order valence-corrected chi connectivity index (χ2v) is 18.4. The Kier molecular flexibility index (Phi) is 9.27. The van der Waals surface area contributed by atoms with Crippen molar-refractivity contribution in [1.82, 2.24) is 0 Å². The van der Waals surface area contributed by atoms with Gasteiger partial charge in [-0.05, 0) is 38.1 Å². The highest BCUT2D eigenvalue weighted by molar-refractivity contribution is 8.65. The minimum Gasteiger partial charge on any atom is -0.387 e. The zero-order valence-corrected chi connectivity index (χ0v) is 23.9. The maximum Gasteiger partial charge on any atom is 0.380 e. The summed E-state index contributed by atoms with van der Waals surface area (Å²) in [6.07, 6.45) is -10.1. The fraction of sp³-hybridized carbons (Fsp3) is 0.429. The van der Waals surface area contributed by atoms with Crippen LogP contribution in [0.25, 0.3) is 0 Å². The van der Waals surface area contributed by atoms with Crippen molar-refractivity contribution in [1.29, 1.82) is 0 Å². The Morgan fingerprint density at radius 1 is 0.718 bits per heavy atom. The first-order valence-electron chi connectivity index (χ1n) is 10.9. The SMILES string of the molecule is CO[C@H]1O[C@H](COS(=O)(=O)S(=O)(=O)c2ccc(C)cc2)[C@@H](O)[C@H](O)[C@H]1OS(=O)(=O)S(=O)(=O)c1ccc(C)cc1. The van der Waals surface area contributed by atoms with Crippen molar-refractivity contribution in [2.24, 2.45) is 0 Å². The molecular weight excluding hydrogens is 604 g/mol. The minimum atomic E-state index is -5.50. The molecule has 1 aliphatic heterocycles. The summed E-state index contributed by atoms with van der Waals surface area (Å²) in [7, 11) is -20.0. The summed E-state index contributed by atoms with van der Waals surface area (Å²) < 4.78 is 120. The number of aliphatic hydroxyl groups excluding tert-OH is 2. The Balaban J connectivity index is 1.78. The summed E-state index contributed by atoms with van der Waals surface area (Å²) in [6, 6.07) is 9.58. The van der Waals surface area contributed by atoms with Crippen LogP contribution in [-0.4, -0.2) is 88.3 Å². The number of rotatable bonds is 10. The Hall–Kier alpha value is -2.00. The number of aryl methyl sites for hydroxylation is 2. The van der Waals surface area contributed by atoms with Crippen molar-refractivity contribution in [3.05, 3.63) is 59.7 Å². The number of ether oxygens (including phenoxy) is 2. The first-order valence-corrected chi connectivity index (χ1v) is 17.8. The smallest absolute Gasteiger partial charge is 0.380 e. The van der Waals surface area contributed by atoms with Crippen LogP contribution in [-0.2, 0) is 53.9 Å². The van der Waals surface area contributed by atoms with Gasteiger partial charge in [0.15, 0.2) is 12.4 Å². The monoisotopic (exact) mass is 630 g/mol. The van der Waals surface area contributed by atoms with Gasteiger partial charge in [-0.15, -0.1) is 0 Å². The summed E-state index contributed by atoms with van der Waals surface area (Å²) in [6.45, 7) is 2.15. The van der Waals surface area contributed by atoms with E-state index in [1.165, 1.54) is 24.3 Å². The largest absolute Gasteiger partial charge is 0.387 e. The average Bonchev–Trinajstić information content (AvgIpc) is 2.86. The molecule has 2 N–H and O–H groups in total. The lowest BCUT2D eigenvalue weighted by Crippen LogP contribution is -2.60. The predicted molar refractivity (Wildman–Crippen MR) is 133 cm³/mol. The molecule has 0 unspecified atom stereocenters. The highest BCUT2D eigenvalue weighted by atomic mass is 33.2. The van der Waals surface area contributed by atoms with E-state index >= 15 is 0 Å². The van der Waals surface area contributed by atoms with Gasteiger partial charge in [0.25, 0.3) is 0 Å². The third-order valence-corrected chi connectivity index (χ3v) is 14.2. The molecule has 0 spiro atoms. The molecule has 3 rings (SSSR count). The molecule has 14 nitrogen and oxygen atoms in total. The zero-order chi connectivity index (χ0) is 29.4. The van der Waals surface area contributed by atoms with Crippen LogP contribution in [0.5, 0.6) is 0 Å². The van der Waals surface area contributed by atoms with Crippen LogP contribution in [0.1, 0.15) is 11.1 Å². The topological polar surface area (TPSA) is 214 Å². The number of benzene rings is 2. The van der Waals surface area contributed by atoms with Crippen molar-refractivity contribution in [2.45, 2.75) is 54.3 Å². The highest BCUT2D eigenvalue weighted by Crippen LogP contribution is 2.30. The van der Waals surface area contributed by atoms with Gasteiger partial charge in [0.05, 0.1) is 16.4 Å². The second kappa shape index (κ2) is 11.5. The maximum atomic E-state index is 12.6. The molecule has 1 fully saturated rings. The van der Waals surface area contributed by atoms with E-state index in [0.29, 0.717) is 11.1 Å². The molecule has 1 saturated heterocycles. The van der Waals surface area contributed by atoms with E-state index in [9.17, 15) is 43.9 Å². The van der Waals surface area contributed by atoms with Crippen molar-refractivity contribution < 1.29 is 61.7 Å². The average molecular weight is 631 g/mol. The maximum absolute atomic E-state index is 12.6. The lowest BCUT2D eigenvalue weighted by Gasteiger charge is -2.40. The molecule has 218 valence electrons. The lowest BCUT2D eigenvalue weighted by atomic mass is 9.99. The van der Waals surface area contributed by atoms with E-state index in [-0.39, 0.29) is 0 Å². The molecule has 1 heterocycles. The lowest BCUT2D eigenvalue weighted by molar-refractivity contribution is -0.286.